The topological polar surface area (TPSA) is 87.4 Å². The first-order chi connectivity index (χ1) is 12.6. The van der Waals surface area contributed by atoms with Crippen LogP contribution in [0.4, 0.5) is 5.82 Å². The van der Waals surface area contributed by atoms with Crippen LogP contribution in [-0.2, 0) is 6.54 Å². The highest BCUT2D eigenvalue weighted by atomic mass is 16.5. The van der Waals surface area contributed by atoms with Crippen molar-refractivity contribution in [2.45, 2.75) is 44.3 Å². The van der Waals surface area contributed by atoms with Crippen LogP contribution in [0, 0.1) is 0 Å². The smallest absolute Gasteiger partial charge is 0.292 e. The largest absolute Gasteiger partial charge is 0.363 e. The summed E-state index contributed by atoms with van der Waals surface area (Å²) in [5.41, 5.74) is 1.20. The summed E-state index contributed by atoms with van der Waals surface area (Å²) in [7, 11) is 3.97. The van der Waals surface area contributed by atoms with Gasteiger partial charge >= 0.3 is 0 Å². The van der Waals surface area contributed by atoms with E-state index in [9.17, 15) is 4.79 Å². The summed E-state index contributed by atoms with van der Waals surface area (Å²) in [4.78, 5) is 25.1. The highest BCUT2D eigenvalue weighted by Crippen LogP contribution is 2.32. The molecule has 2 fully saturated rings. The average molecular weight is 356 g/mol. The molecule has 2 aliphatic rings. The van der Waals surface area contributed by atoms with E-state index in [0.29, 0.717) is 5.89 Å². The van der Waals surface area contributed by atoms with Gasteiger partial charge in [-0.05, 0) is 49.9 Å². The lowest BCUT2D eigenvalue weighted by atomic mass is 10.2. The van der Waals surface area contributed by atoms with E-state index in [0.717, 1.165) is 44.6 Å². The van der Waals surface area contributed by atoms with Crippen molar-refractivity contribution >= 4 is 11.7 Å². The Kier molecular flexibility index (Phi) is 4.58. The van der Waals surface area contributed by atoms with Crippen LogP contribution in [0.2, 0.25) is 0 Å². The summed E-state index contributed by atoms with van der Waals surface area (Å²) in [6.07, 6.45) is 5.93. The molecule has 1 aliphatic heterocycles. The van der Waals surface area contributed by atoms with Gasteiger partial charge in [0.1, 0.15) is 5.82 Å². The highest BCUT2D eigenvalue weighted by Gasteiger charge is 2.32. The van der Waals surface area contributed by atoms with Crippen molar-refractivity contribution in [2.75, 3.05) is 25.5 Å². The maximum atomic E-state index is 12.1. The molecule has 2 aromatic rings. The van der Waals surface area contributed by atoms with Gasteiger partial charge in [-0.1, -0.05) is 5.16 Å². The fraction of sp³-hybridized carbons (Fsp3) is 0.556. The molecule has 8 nitrogen and oxygen atoms in total. The van der Waals surface area contributed by atoms with E-state index in [4.69, 9.17) is 4.52 Å². The third kappa shape index (κ3) is 3.70. The third-order valence-corrected chi connectivity index (χ3v) is 4.86. The van der Waals surface area contributed by atoms with E-state index in [-0.39, 0.29) is 23.8 Å². The molecule has 4 rings (SSSR count). The number of rotatable bonds is 6. The van der Waals surface area contributed by atoms with E-state index >= 15 is 0 Å². The molecule has 1 saturated carbocycles. The molecular formula is C18H24N6O2. The van der Waals surface area contributed by atoms with Gasteiger partial charge in [0.15, 0.2) is 0 Å². The predicted molar refractivity (Wildman–Crippen MR) is 95.7 cm³/mol. The minimum Gasteiger partial charge on any atom is -0.363 e. The molecule has 0 spiro atoms. The first-order valence-electron chi connectivity index (χ1n) is 9.11. The van der Waals surface area contributed by atoms with Gasteiger partial charge in [-0.2, -0.15) is 4.98 Å². The summed E-state index contributed by atoms with van der Waals surface area (Å²) in [6, 6.07) is 4.47. The zero-order valence-corrected chi connectivity index (χ0v) is 15.2. The van der Waals surface area contributed by atoms with E-state index in [2.05, 4.69) is 31.4 Å². The van der Waals surface area contributed by atoms with Crippen molar-refractivity contribution in [3.05, 3.63) is 35.6 Å². The quantitative estimate of drug-likeness (QED) is 0.844. The molecule has 1 atom stereocenters. The molecule has 3 heterocycles. The fourth-order valence-corrected chi connectivity index (χ4v) is 3.27. The predicted octanol–water partition coefficient (Wildman–Crippen LogP) is 1.76. The van der Waals surface area contributed by atoms with Crippen molar-refractivity contribution in [2.24, 2.45) is 0 Å². The molecule has 0 aromatic carbocycles. The second kappa shape index (κ2) is 7.03. The molecule has 0 radical (unpaired) electrons. The van der Waals surface area contributed by atoms with E-state index in [1.165, 1.54) is 5.56 Å². The molecule has 138 valence electrons. The maximum Gasteiger partial charge on any atom is 0.292 e. The first kappa shape index (κ1) is 17.0. The van der Waals surface area contributed by atoms with Gasteiger partial charge in [0.2, 0.25) is 5.89 Å². The molecule has 1 amide bonds. The molecule has 0 bridgehead atoms. The summed E-state index contributed by atoms with van der Waals surface area (Å²) in [5.74, 6) is 1.37. The Balaban J connectivity index is 1.45. The lowest BCUT2D eigenvalue weighted by Gasteiger charge is -2.22. The number of hydrogen-bond donors (Lipinski definition) is 1. The number of nitrogens with zero attached hydrogens (tertiary/aromatic N) is 5. The lowest BCUT2D eigenvalue weighted by molar-refractivity contribution is 0.0937. The van der Waals surface area contributed by atoms with Crippen LogP contribution in [0.25, 0.3) is 0 Å². The number of carbonyl (C=O) groups is 1. The zero-order valence-electron chi connectivity index (χ0n) is 15.2. The number of nitrogens with one attached hydrogen (secondary N) is 1. The summed E-state index contributed by atoms with van der Waals surface area (Å²) >= 11 is 0. The van der Waals surface area contributed by atoms with Crippen LogP contribution in [0.3, 0.4) is 0 Å². The second-order valence-electron chi connectivity index (χ2n) is 7.25. The van der Waals surface area contributed by atoms with Gasteiger partial charge in [0, 0.05) is 32.9 Å². The molecule has 26 heavy (non-hydrogen) atoms. The average Bonchev–Trinajstić information content (AvgIpc) is 3.11. The van der Waals surface area contributed by atoms with Crippen LogP contribution >= 0.6 is 0 Å². The highest BCUT2D eigenvalue weighted by molar-refractivity contribution is 5.90. The van der Waals surface area contributed by atoms with Gasteiger partial charge in [-0.15, -0.1) is 0 Å². The standard InChI is InChI=1S/C18H24N6O2/c1-23(2)15-10-12(7-8-19-15)11-24-9-3-4-14(24)18-21-16(22-26-18)17(25)20-13-5-6-13/h7-8,10,13-14H,3-6,9,11H2,1-2H3,(H,20,25)/t14-/m0/s1. The molecular weight excluding hydrogens is 332 g/mol. The number of carbonyl (C=O) groups excluding carboxylic acids is 1. The Bertz CT molecular complexity index is 785. The fourth-order valence-electron chi connectivity index (χ4n) is 3.27. The van der Waals surface area contributed by atoms with Crippen molar-refractivity contribution in [3.8, 4) is 0 Å². The monoisotopic (exact) mass is 356 g/mol. The third-order valence-electron chi connectivity index (χ3n) is 4.86. The summed E-state index contributed by atoms with van der Waals surface area (Å²) in [6.45, 7) is 1.76. The molecule has 1 N–H and O–H groups in total. The van der Waals surface area contributed by atoms with Crippen LogP contribution in [0.1, 0.15) is 53.8 Å². The Morgan fingerprint density at radius 2 is 2.23 bits per heavy atom. The minimum atomic E-state index is -0.239. The van der Waals surface area contributed by atoms with Crippen LogP contribution < -0.4 is 10.2 Å². The number of anilines is 1. The van der Waals surface area contributed by atoms with Crippen molar-refractivity contribution < 1.29 is 9.32 Å². The first-order valence-corrected chi connectivity index (χ1v) is 9.11. The molecule has 0 unspecified atom stereocenters. The van der Waals surface area contributed by atoms with Crippen molar-refractivity contribution in [1.29, 1.82) is 0 Å². The van der Waals surface area contributed by atoms with E-state index in [1.54, 1.807) is 0 Å². The van der Waals surface area contributed by atoms with E-state index < -0.39 is 0 Å². The number of pyridine rings is 1. The summed E-state index contributed by atoms with van der Waals surface area (Å²) < 4.78 is 5.42. The van der Waals surface area contributed by atoms with Gasteiger partial charge in [0.25, 0.3) is 11.7 Å². The lowest BCUT2D eigenvalue weighted by Crippen LogP contribution is -2.27. The van der Waals surface area contributed by atoms with Crippen molar-refractivity contribution in [1.82, 2.24) is 25.3 Å². The molecule has 8 heteroatoms. The van der Waals surface area contributed by atoms with Gasteiger partial charge in [0.05, 0.1) is 6.04 Å². The minimum absolute atomic E-state index is 0.0564. The molecule has 1 saturated heterocycles. The Morgan fingerprint density at radius 1 is 1.38 bits per heavy atom. The molecule has 2 aromatic heterocycles. The number of likely N-dealkylation sites (tertiary alicyclic amines) is 1. The number of aromatic nitrogens is 3. The van der Waals surface area contributed by atoms with Crippen LogP contribution in [0.5, 0.6) is 0 Å². The zero-order chi connectivity index (χ0) is 18.1. The Labute approximate surface area is 152 Å². The van der Waals surface area contributed by atoms with E-state index in [1.807, 2.05) is 31.3 Å². The molecule has 1 aliphatic carbocycles. The van der Waals surface area contributed by atoms with Crippen LogP contribution in [0.15, 0.2) is 22.9 Å². The normalized spacial score (nSPS) is 20.3. The maximum absolute atomic E-state index is 12.1. The Hall–Kier alpha value is -2.48. The Morgan fingerprint density at radius 3 is 3.00 bits per heavy atom. The number of amides is 1. The number of hydrogen-bond acceptors (Lipinski definition) is 7. The van der Waals surface area contributed by atoms with Gasteiger partial charge in [-0.3, -0.25) is 9.69 Å². The van der Waals surface area contributed by atoms with Crippen LogP contribution in [-0.4, -0.2) is 52.6 Å². The second-order valence-corrected chi connectivity index (χ2v) is 7.25. The van der Waals surface area contributed by atoms with Gasteiger partial charge in [-0.25, -0.2) is 4.98 Å². The summed E-state index contributed by atoms with van der Waals surface area (Å²) in [5, 5.41) is 6.77. The van der Waals surface area contributed by atoms with Gasteiger partial charge < -0.3 is 14.7 Å². The SMILES string of the molecule is CN(C)c1cc(CN2CCC[C@H]2c2nc(C(=O)NC3CC3)no2)ccn1. The van der Waals surface area contributed by atoms with Crippen molar-refractivity contribution in [3.63, 3.8) is 0 Å².